The Morgan fingerprint density at radius 3 is 2.71 bits per heavy atom. The van der Waals surface area contributed by atoms with Gasteiger partial charge in [0.2, 0.25) is 0 Å². The molecule has 0 atom stereocenters. The van der Waals surface area contributed by atoms with Gasteiger partial charge in [-0.2, -0.15) is 11.8 Å². The molecule has 0 aliphatic heterocycles. The van der Waals surface area contributed by atoms with Gasteiger partial charge in [0.1, 0.15) is 11.6 Å². The van der Waals surface area contributed by atoms with Gasteiger partial charge in [0, 0.05) is 28.6 Å². The molecular formula is C18H19ClFNO2S. The van der Waals surface area contributed by atoms with Crippen LogP contribution in [0.1, 0.15) is 11.1 Å². The first-order valence-electron chi connectivity index (χ1n) is 7.53. The zero-order chi connectivity index (χ0) is 17.4. The van der Waals surface area contributed by atoms with Crippen LogP contribution in [-0.4, -0.2) is 24.8 Å². The molecule has 0 aliphatic carbocycles. The maximum absolute atomic E-state index is 13.6. The number of rotatable bonds is 8. The molecular weight excluding hydrogens is 349 g/mol. The number of ether oxygens (including phenoxy) is 1. The highest BCUT2D eigenvalue weighted by atomic mass is 35.5. The third-order valence-corrected chi connectivity index (χ3v) is 4.61. The molecule has 0 unspecified atom stereocenters. The predicted octanol–water partition coefficient (Wildman–Crippen LogP) is 4.22. The summed E-state index contributed by atoms with van der Waals surface area (Å²) in [7, 11) is 0. The van der Waals surface area contributed by atoms with E-state index in [1.807, 2.05) is 31.2 Å². The van der Waals surface area contributed by atoms with Crippen LogP contribution in [0.3, 0.4) is 0 Å². The summed E-state index contributed by atoms with van der Waals surface area (Å²) in [5.41, 5.74) is 1.64. The number of amides is 1. The quantitative estimate of drug-likeness (QED) is 0.710. The van der Waals surface area contributed by atoms with Gasteiger partial charge in [0.05, 0.1) is 0 Å². The van der Waals surface area contributed by atoms with Crippen molar-refractivity contribution in [2.45, 2.75) is 12.7 Å². The van der Waals surface area contributed by atoms with Crippen LogP contribution in [0.15, 0.2) is 42.5 Å². The van der Waals surface area contributed by atoms with Gasteiger partial charge in [-0.1, -0.05) is 35.4 Å². The summed E-state index contributed by atoms with van der Waals surface area (Å²) in [6.07, 6.45) is 0. The molecule has 2 aromatic carbocycles. The number of hydrogen-bond acceptors (Lipinski definition) is 3. The average molecular weight is 368 g/mol. The van der Waals surface area contributed by atoms with Crippen LogP contribution in [0.4, 0.5) is 4.39 Å². The Labute approximate surface area is 150 Å². The summed E-state index contributed by atoms with van der Waals surface area (Å²) in [6, 6.07) is 12.2. The standard InChI is InChI=1S/C18H19ClFNO2S/c1-13-5-7-14(8-6-13)23-11-18(22)21-9-10-24-12-15-16(19)3-2-4-17(15)20/h2-8H,9-12H2,1H3,(H,21,22). The van der Waals surface area contributed by atoms with Gasteiger partial charge >= 0.3 is 0 Å². The number of carbonyl (C=O) groups is 1. The fourth-order valence-electron chi connectivity index (χ4n) is 1.94. The average Bonchev–Trinajstić information content (AvgIpc) is 2.56. The second-order valence-electron chi connectivity index (χ2n) is 5.20. The first-order chi connectivity index (χ1) is 11.6. The highest BCUT2D eigenvalue weighted by Gasteiger charge is 2.07. The zero-order valence-electron chi connectivity index (χ0n) is 13.4. The first-order valence-corrected chi connectivity index (χ1v) is 9.06. The van der Waals surface area contributed by atoms with Gasteiger partial charge in [0.25, 0.3) is 5.91 Å². The minimum absolute atomic E-state index is 0.0210. The number of nitrogens with one attached hydrogen (secondary N) is 1. The van der Waals surface area contributed by atoms with Crippen LogP contribution in [0, 0.1) is 12.7 Å². The molecule has 0 heterocycles. The van der Waals surface area contributed by atoms with Crippen molar-refractivity contribution in [2.24, 2.45) is 0 Å². The molecule has 0 saturated heterocycles. The Morgan fingerprint density at radius 1 is 1.25 bits per heavy atom. The van der Waals surface area contributed by atoms with Crippen molar-refractivity contribution in [3.63, 3.8) is 0 Å². The molecule has 128 valence electrons. The number of hydrogen-bond donors (Lipinski definition) is 1. The third-order valence-electron chi connectivity index (χ3n) is 3.27. The van der Waals surface area contributed by atoms with Crippen molar-refractivity contribution in [1.82, 2.24) is 5.32 Å². The molecule has 0 fully saturated rings. The Kier molecular flexibility index (Phi) is 7.40. The van der Waals surface area contributed by atoms with Crippen molar-refractivity contribution in [3.05, 3.63) is 64.4 Å². The second kappa shape index (κ2) is 9.55. The summed E-state index contributed by atoms with van der Waals surface area (Å²) in [4.78, 5) is 11.7. The van der Waals surface area contributed by atoms with Gasteiger partial charge < -0.3 is 10.1 Å². The van der Waals surface area contributed by atoms with Crippen molar-refractivity contribution in [1.29, 1.82) is 0 Å². The molecule has 0 aromatic heterocycles. The minimum Gasteiger partial charge on any atom is -0.484 e. The van der Waals surface area contributed by atoms with Crippen LogP contribution in [0.2, 0.25) is 5.02 Å². The van der Waals surface area contributed by atoms with Crippen molar-refractivity contribution in [3.8, 4) is 5.75 Å². The summed E-state index contributed by atoms with van der Waals surface area (Å²) in [5.74, 6) is 1.33. The molecule has 6 heteroatoms. The van der Waals surface area contributed by atoms with E-state index in [1.54, 1.807) is 12.1 Å². The van der Waals surface area contributed by atoms with Gasteiger partial charge in [-0.25, -0.2) is 4.39 Å². The highest BCUT2D eigenvalue weighted by molar-refractivity contribution is 7.98. The van der Waals surface area contributed by atoms with E-state index in [1.165, 1.54) is 17.8 Å². The van der Waals surface area contributed by atoms with Crippen molar-refractivity contribution < 1.29 is 13.9 Å². The lowest BCUT2D eigenvalue weighted by molar-refractivity contribution is -0.122. The molecule has 0 bridgehead atoms. The summed E-state index contributed by atoms with van der Waals surface area (Å²) >= 11 is 7.48. The van der Waals surface area contributed by atoms with Gasteiger partial charge in [0.15, 0.2) is 6.61 Å². The van der Waals surface area contributed by atoms with Gasteiger partial charge in [-0.15, -0.1) is 0 Å². The number of benzene rings is 2. The Morgan fingerprint density at radius 2 is 2.00 bits per heavy atom. The molecule has 1 amide bonds. The summed E-state index contributed by atoms with van der Waals surface area (Å²) in [5, 5.41) is 3.20. The highest BCUT2D eigenvalue weighted by Crippen LogP contribution is 2.23. The smallest absolute Gasteiger partial charge is 0.257 e. The summed E-state index contributed by atoms with van der Waals surface area (Å²) < 4.78 is 19.0. The van der Waals surface area contributed by atoms with Crippen LogP contribution in [0.5, 0.6) is 5.75 Å². The Balaban J connectivity index is 1.62. The lowest BCUT2D eigenvalue weighted by atomic mass is 10.2. The third kappa shape index (κ3) is 6.06. The van der Waals surface area contributed by atoms with E-state index in [-0.39, 0.29) is 18.3 Å². The van der Waals surface area contributed by atoms with Crippen molar-refractivity contribution >= 4 is 29.3 Å². The van der Waals surface area contributed by atoms with E-state index in [9.17, 15) is 9.18 Å². The van der Waals surface area contributed by atoms with E-state index in [2.05, 4.69) is 5.32 Å². The van der Waals surface area contributed by atoms with Crippen LogP contribution in [-0.2, 0) is 10.5 Å². The van der Waals surface area contributed by atoms with E-state index in [4.69, 9.17) is 16.3 Å². The Bertz CT molecular complexity index is 659. The molecule has 2 rings (SSSR count). The molecule has 3 nitrogen and oxygen atoms in total. The molecule has 1 N–H and O–H groups in total. The van der Waals surface area contributed by atoms with E-state index < -0.39 is 0 Å². The number of carbonyl (C=O) groups excluding carboxylic acids is 1. The van der Waals surface area contributed by atoms with Gasteiger partial charge in [-0.05, 0) is 31.2 Å². The van der Waals surface area contributed by atoms with Crippen LogP contribution >= 0.6 is 23.4 Å². The second-order valence-corrected chi connectivity index (χ2v) is 6.72. The normalized spacial score (nSPS) is 10.5. The maximum atomic E-state index is 13.6. The lowest BCUT2D eigenvalue weighted by Crippen LogP contribution is -2.30. The monoisotopic (exact) mass is 367 g/mol. The van der Waals surface area contributed by atoms with E-state index in [0.29, 0.717) is 34.4 Å². The number of thioether (sulfide) groups is 1. The molecule has 0 saturated carbocycles. The Hall–Kier alpha value is -1.72. The first kappa shape index (κ1) is 18.6. The summed E-state index contributed by atoms with van der Waals surface area (Å²) in [6.45, 7) is 2.46. The minimum atomic E-state index is -0.300. The van der Waals surface area contributed by atoms with E-state index in [0.717, 1.165) is 5.56 Å². The maximum Gasteiger partial charge on any atom is 0.257 e. The molecule has 0 spiro atoms. The largest absolute Gasteiger partial charge is 0.484 e. The topological polar surface area (TPSA) is 38.3 Å². The number of halogens is 2. The zero-order valence-corrected chi connectivity index (χ0v) is 14.9. The fraction of sp³-hybridized carbons (Fsp3) is 0.278. The van der Waals surface area contributed by atoms with E-state index >= 15 is 0 Å². The van der Waals surface area contributed by atoms with Crippen LogP contribution in [0.25, 0.3) is 0 Å². The lowest BCUT2D eigenvalue weighted by Gasteiger charge is -2.08. The predicted molar refractivity (Wildman–Crippen MR) is 97.3 cm³/mol. The molecule has 0 aliphatic rings. The number of aryl methyl sites for hydroxylation is 1. The van der Waals surface area contributed by atoms with Gasteiger partial charge in [-0.3, -0.25) is 4.79 Å². The molecule has 2 aromatic rings. The molecule has 24 heavy (non-hydrogen) atoms. The fourth-order valence-corrected chi connectivity index (χ4v) is 3.14. The molecule has 0 radical (unpaired) electrons. The van der Waals surface area contributed by atoms with Crippen molar-refractivity contribution in [2.75, 3.05) is 18.9 Å². The van der Waals surface area contributed by atoms with Crippen LogP contribution < -0.4 is 10.1 Å². The SMILES string of the molecule is Cc1ccc(OCC(=O)NCCSCc2c(F)cccc2Cl)cc1.